The highest BCUT2D eigenvalue weighted by atomic mass is 35.5. The van der Waals surface area contributed by atoms with Crippen molar-refractivity contribution in [2.24, 2.45) is 0 Å². The average molecular weight is 298 g/mol. The van der Waals surface area contributed by atoms with Gasteiger partial charge in [-0.3, -0.25) is 4.90 Å². The molecule has 0 aliphatic rings. The van der Waals surface area contributed by atoms with Gasteiger partial charge in [0.2, 0.25) is 0 Å². The van der Waals surface area contributed by atoms with Gasteiger partial charge < -0.3 is 0 Å². The molecule has 1 unspecified atom stereocenters. The second-order valence-corrected chi connectivity index (χ2v) is 5.49. The fourth-order valence-electron chi connectivity index (χ4n) is 2.33. The number of benzene rings is 2. The van der Waals surface area contributed by atoms with E-state index < -0.39 is 0 Å². The van der Waals surface area contributed by atoms with Gasteiger partial charge in [-0.2, -0.15) is 0 Å². The average Bonchev–Trinajstić information content (AvgIpc) is 2.38. The maximum atomic E-state index is 6.09. The van der Waals surface area contributed by atoms with Gasteiger partial charge >= 0.3 is 0 Å². The second-order valence-electron chi connectivity index (χ2n) is 4.75. The smallest absolute Gasteiger partial charge is 0.0435 e. The molecule has 1 atom stereocenters. The van der Waals surface area contributed by atoms with Crippen molar-refractivity contribution in [3.8, 4) is 0 Å². The molecule has 19 heavy (non-hydrogen) atoms. The minimum absolute atomic E-state index is 0. The Labute approximate surface area is 127 Å². The molecule has 0 spiro atoms. The summed E-state index contributed by atoms with van der Waals surface area (Å²) in [4.78, 5) is 2.39. The minimum Gasteiger partial charge on any atom is -0.298 e. The lowest BCUT2D eigenvalue weighted by atomic mass is 10.0. The summed E-state index contributed by atoms with van der Waals surface area (Å²) in [6.07, 6.45) is 0. The summed E-state index contributed by atoms with van der Waals surface area (Å²) in [5.41, 5.74) is 1.38. The summed E-state index contributed by atoms with van der Waals surface area (Å²) in [5.74, 6) is 0. The van der Waals surface area contributed by atoms with E-state index in [0.29, 0.717) is 0 Å². The third-order valence-electron chi connectivity index (χ3n) is 3.23. The predicted octanol–water partition coefficient (Wildman–Crippen LogP) is 4.71. The van der Waals surface area contributed by atoms with Crippen LogP contribution >= 0.6 is 24.0 Å². The van der Waals surface area contributed by atoms with E-state index in [-0.39, 0.29) is 17.8 Å². The molecule has 2 rings (SSSR count). The van der Waals surface area contributed by atoms with Crippen molar-refractivity contribution in [3.05, 3.63) is 48.0 Å². The van der Waals surface area contributed by atoms with E-state index in [0.717, 1.165) is 19.6 Å². The van der Waals surface area contributed by atoms with Crippen molar-refractivity contribution in [1.82, 2.24) is 4.90 Å². The number of alkyl halides is 1. The summed E-state index contributed by atoms with van der Waals surface area (Å²) in [7, 11) is 0. The fourth-order valence-corrected chi connectivity index (χ4v) is 2.53. The Morgan fingerprint density at radius 3 is 2.47 bits per heavy atom. The largest absolute Gasteiger partial charge is 0.298 e. The van der Waals surface area contributed by atoms with E-state index >= 15 is 0 Å². The maximum Gasteiger partial charge on any atom is 0.0435 e. The zero-order chi connectivity index (χ0) is 13.0. The lowest BCUT2D eigenvalue weighted by Gasteiger charge is -2.22. The molecule has 3 heteroatoms. The molecule has 2 aromatic carbocycles. The Morgan fingerprint density at radius 2 is 1.79 bits per heavy atom. The Bertz CT molecular complexity index is 506. The molecule has 0 bridgehead atoms. The van der Waals surface area contributed by atoms with Crippen molar-refractivity contribution in [1.29, 1.82) is 0 Å². The van der Waals surface area contributed by atoms with Crippen LogP contribution in [0.4, 0.5) is 0 Å². The summed E-state index contributed by atoms with van der Waals surface area (Å²) >= 11 is 6.09. The Hall–Kier alpha value is -0.760. The van der Waals surface area contributed by atoms with Crippen molar-refractivity contribution in [2.45, 2.75) is 25.8 Å². The third-order valence-corrected chi connectivity index (χ3v) is 3.37. The van der Waals surface area contributed by atoms with Gasteiger partial charge in [0, 0.05) is 18.5 Å². The van der Waals surface area contributed by atoms with Gasteiger partial charge in [-0.1, -0.05) is 49.4 Å². The molecule has 0 saturated carbocycles. The van der Waals surface area contributed by atoms with E-state index in [1.165, 1.54) is 16.3 Å². The molecule has 0 radical (unpaired) electrons. The van der Waals surface area contributed by atoms with Gasteiger partial charge in [0.05, 0.1) is 0 Å². The van der Waals surface area contributed by atoms with Crippen LogP contribution in [-0.2, 0) is 6.54 Å². The highest BCUT2D eigenvalue weighted by Gasteiger charge is 2.08. The molecule has 0 heterocycles. The van der Waals surface area contributed by atoms with Gasteiger partial charge in [0.25, 0.3) is 0 Å². The molecule has 104 valence electrons. The molecule has 0 amide bonds. The van der Waals surface area contributed by atoms with Crippen LogP contribution in [0.15, 0.2) is 42.5 Å². The van der Waals surface area contributed by atoms with E-state index in [9.17, 15) is 0 Å². The number of hydrogen-bond acceptors (Lipinski definition) is 1. The first-order chi connectivity index (χ1) is 8.70. The summed E-state index contributed by atoms with van der Waals surface area (Å²) in [6.45, 7) is 7.16. The van der Waals surface area contributed by atoms with Gasteiger partial charge in [-0.25, -0.2) is 0 Å². The van der Waals surface area contributed by atoms with Crippen LogP contribution in [0.5, 0.6) is 0 Å². The molecule has 0 saturated heterocycles. The van der Waals surface area contributed by atoms with Gasteiger partial charge in [-0.05, 0) is 29.8 Å². The van der Waals surface area contributed by atoms with Crippen molar-refractivity contribution >= 4 is 34.8 Å². The highest BCUT2D eigenvalue weighted by molar-refractivity contribution is 6.20. The van der Waals surface area contributed by atoms with Crippen molar-refractivity contribution < 1.29 is 0 Å². The number of fused-ring (bicyclic) bond motifs is 1. The molecular weight excluding hydrogens is 277 g/mol. The minimum atomic E-state index is 0. The first kappa shape index (κ1) is 16.3. The molecule has 0 fully saturated rings. The number of halogens is 2. The van der Waals surface area contributed by atoms with Gasteiger partial charge in [-0.15, -0.1) is 24.0 Å². The van der Waals surface area contributed by atoms with Crippen LogP contribution in [-0.4, -0.2) is 23.4 Å². The third kappa shape index (κ3) is 4.38. The lowest BCUT2D eigenvalue weighted by Crippen LogP contribution is -2.28. The SMILES string of the molecule is CCN(Cc1cccc2ccccc12)CC(C)Cl.Cl. The summed E-state index contributed by atoms with van der Waals surface area (Å²) in [5, 5.41) is 2.85. The first-order valence-corrected chi connectivity index (χ1v) is 6.97. The first-order valence-electron chi connectivity index (χ1n) is 6.53. The van der Waals surface area contributed by atoms with Crippen LogP contribution in [0, 0.1) is 0 Å². The quantitative estimate of drug-likeness (QED) is 0.723. The number of nitrogens with zero attached hydrogens (tertiary/aromatic N) is 1. The summed E-state index contributed by atoms with van der Waals surface area (Å²) in [6, 6.07) is 15.1. The van der Waals surface area contributed by atoms with Crippen LogP contribution in [0.3, 0.4) is 0 Å². The standard InChI is InChI=1S/C16H20ClN.ClH/c1-3-18(11-13(2)17)12-15-9-6-8-14-7-4-5-10-16(14)15;/h4-10,13H,3,11-12H2,1-2H3;1H. The monoisotopic (exact) mass is 297 g/mol. The molecule has 0 aromatic heterocycles. The predicted molar refractivity (Wildman–Crippen MR) is 87.5 cm³/mol. The molecular formula is C16H21Cl2N. The maximum absolute atomic E-state index is 6.09. The van der Waals surface area contributed by atoms with Crippen LogP contribution < -0.4 is 0 Å². The highest BCUT2D eigenvalue weighted by Crippen LogP contribution is 2.20. The topological polar surface area (TPSA) is 3.24 Å². The zero-order valence-corrected chi connectivity index (χ0v) is 13.0. The number of hydrogen-bond donors (Lipinski definition) is 0. The van der Waals surface area contributed by atoms with E-state index in [1.807, 2.05) is 6.92 Å². The van der Waals surface area contributed by atoms with Gasteiger partial charge in [0.1, 0.15) is 0 Å². The van der Waals surface area contributed by atoms with E-state index in [2.05, 4.69) is 54.3 Å². The molecule has 0 aliphatic heterocycles. The lowest BCUT2D eigenvalue weighted by molar-refractivity contribution is 0.284. The van der Waals surface area contributed by atoms with Crippen molar-refractivity contribution in [3.63, 3.8) is 0 Å². The van der Waals surface area contributed by atoms with Crippen LogP contribution in [0.25, 0.3) is 10.8 Å². The fraction of sp³-hybridized carbons (Fsp3) is 0.375. The zero-order valence-electron chi connectivity index (χ0n) is 11.5. The number of rotatable bonds is 5. The van der Waals surface area contributed by atoms with Crippen LogP contribution in [0.2, 0.25) is 0 Å². The van der Waals surface area contributed by atoms with Crippen LogP contribution in [0.1, 0.15) is 19.4 Å². The Kier molecular flexibility index (Phi) is 6.64. The molecule has 1 nitrogen and oxygen atoms in total. The molecule has 0 N–H and O–H groups in total. The second kappa shape index (κ2) is 7.74. The Balaban J connectivity index is 0.00000180. The molecule has 0 aliphatic carbocycles. The van der Waals surface area contributed by atoms with E-state index in [4.69, 9.17) is 11.6 Å². The summed E-state index contributed by atoms with van der Waals surface area (Å²) < 4.78 is 0. The van der Waals surface area contributed by atoms with E-state index in [1.54, 1.807) is 0 Å². The molecule has 2 aromatic rings. The normalized spacial score (nSPS) is 12.4. The van der Waals surface area contributed by atoms with Crippen molar-refractivity contribution in [2.75, 3.05) is 13.1 Å². The van der Waals surface area contributed by atoms with Gasteiger partial charge in [0.15, 0.2) is 0 Å². The Morgan fingerprint density at radius 1 is 1.11 bits per heavy atom.